The lowest BCUT2D eigenvalue weighted by molar-refractivity contribution is -0.0507. The average Bonchev–Trinajstić information content (AvgIpc) is 3.10. The van der Waals surface area contributed by atoms with E-state index in [1.54, 1.807) is 19.0 Å². The van der Waals surface area contributed by atoms with Crippen LogP contribution < -0.4 is 4.90 Å². The maximum absolute atomic E-state index is 10.9. The molecule has 4 atom stereocenters. The number of nitrogens with zero attached hydrogens (tertiary/aromatic N) is 6. The lowest BCUT2D eigenvalue weighted by Gasteiger charge is -2.18. The molecule has 27 heavy (non-hydrogen) atoms. The number of phosphoric ester groups is 1. The van der Waals surface area contributed by atoms with Gasteiger partial charge in [0.15, 0.2) is 23.2 Å². The third kappa shape index (κ3) is 3.64. The number of ether oxygens (including phenoxy) is 1. The number of anilines is 1. The molecule has 13 nitrogen and oxygen atoms in total. The molecule has 1 aliphatic rings. The molecule has 0 bridgehead atoms. The Labute approximate surface area is 152 Å². The number of rotatable bonds is 5. The quantitative estimate of drug-likeness (QED) is 0.426. The number of aromatic nitrogens is 4. The van der Waals surface area contributed by atoms with E-state index in [1.807, 2.05) is 6.07 Å². The van der Waals surface area contributed by atoms with Gasteiger partial charge in [-0.05, 0) is 0 Å². The fourth-order valence-corrected chi connectivity index (χ4v) is 3.14. The molecular formula is C13H17N6O7P. The molecule has 0 saturated carbocycles. The van der Waals surface area contributed by atoms with Gasteiger partial charge in [-0.1, -0.05) is 0 Å². The number of fused-ring (bicyclic) bond motifs is 1. The van der Waals surface area contributed by atoms with Crippen LogP contribution in [0.4, 0.5) is 5.82 Å². The van der Waals surface area contributed by atoms with E-state index < -0.39 is 39.0 Å². The highest BCUT2D eigenvalue weighted by atomic mass is 31.2. The minimum atomic E-state index is -4.79. The van der Waals surface area contributed by atoms with Gasteiger partial charge in [0.1, 0.15) is 30.7 Å². The van der Waals surface area contributed by atoms with Crippen LogP contribution in [0.5, 0.6) is 0 Å². The van der Waals surface area contributed by atoms with Crippen molar-refractivity contribution in [1.82, 2.24) is 19.5 Å². The second-order valence-corrected chi connectivity index (χ2v) is 7.25. The number of imidazole rings is 1. The summed E-state index contributed by atoms with van der Waals surface area (Å²) >= 11 is 0. The maximum atomic E-state index is 10.9. The highest BCUT2D eigenvalue weighted by Gasteiger charge is 2.46. The molecular weight excluding hydrogens is 383 g/mol. The molecule has 14 heteroatoms. The summed E-state index contributed by atoms with van der Waals surface area (Å²) in [6.07, 6.45) is -4.28. The lowest BCUT2D eigenvalue weighted by atomic mass is 10.1. The van der Waals surface area contributed by atoms with Crippen molar-refractivity contribution in [1.29, 1.82) is 5.26 Å². The highest BCUT2D eigenvalue weighted by molar-refractivity contribution is 7.46. The van der Waals surface area contributed by atoms with E-state index in [2.05, 4.69) is 19.5 Å². The summed E-state index contributed by atoms with van der Waals surface area (Å²) in [7, 11) is -1.33. The Morgan fingerprint density at radius 3 is 2.67 bits per heavy atom. The minimum absolute atomic E-state index is 0.138. The molecule has 2 aromatic rings. The molecule has 0 aromatic carbocycles. The van der Waals surface area contributed by atoms with Crippen molar-refractivity contribution < 1.29 is 33.8 Å². The largest absolute Gasteiger partial charge is 0.469 e. The van der Waals surface area contributed by atoms with Gasteiger partial charge in [0.2, 0.25) is 5.82 Å². The predicted octanol–water partition coefficient (Wildman–Crippen LogP) is -1.51. The summed E-state index contributed by atoms with van der Waals surface area (Å²) in [5.74, 6) is 0.297. The smallest absolute Gasteiger partial charge is 0.387 e. The first-order chi connectivity index (χ1) is 12.6. The standard InChI is InChI=1S/C13H17N6O7P/c1-18(2)11-8-12(16-5-15-11)19(7(3-14)17-8)13-10(21)9(20)6(26-13)4-25-27(22,23)24/h5-6,9-10,13,20-21H,4H2,1-2H3,(H2,22,23,24)/t6-,9-,10-,13-/m1/s1. The summed E-state index contributed by atoms with van der Waals surface area (Å²) in [6.45, 7) is -0.661. The van der Waals surface area contributed by atoms with Gasteiger partial charge in [-0.25, -0.2) is 19.5 Å². The summed E-state index contributed by atoms with van der Waals surface area (Å²) in [4.78, 5) is 31.6. The first-order valence-corrected chi connectivity index (χ1v) is 9.19. The summed E-state index contributed by atoms with van der Waals surface area (Å²) in [6, 6.07) is 1.87. The van der Waals surface area contributed by atoms with E-state index in [-0.39, 0.29) is 11.5 Å². The van der Waals surface area contributed by atoms with E-state index in [4.69, 9.17) is 14.5 Å². The lowest BCUT2D eigenvalue weighted by Crippen LogP contribution is -2.33. The maximum Gasteiger partial charge on any atom is 0.469 e. The molecule has 0 spiro atoms. The van der Waals surface area contributed by atoms with Crippen molar-refractivity contribution >= 4 is 24.8 Å². The van der Waals surface area contributed by atoms with E-state index in [9.17, 15) is 20.0 Å². The Hall–Kier alpha value is -2.17. The molecule has 0 radical (unpaired) electrons. The van der Waals surface area contributed by atoms with Crippen molar-refractivity contribution in [2.24, 2.45) is 0 Å². The average molecular weight is 400 g/mol. The van der Waals surface area contributed by atoms with Gasteiger partial charge in [-0.15, -0.1) is 0 Å². The Kier molecular flexibility index (Phi) is 5.15. The molecule has 4 N–H and O–H groups in total. The van der Waals surface area contributed by atoms with Crippen LogP contribution in [0.15, 0.2) is 6.33 Å². The van der Waals surface area contributed by atoms with Gasteiger partial charge >= 0.3 is 7.82 Å². The Morgan fingerprint density at radius 2 is 2.07 bits per heavy atom. The van der Waals surface area contributed by atoms with Gasteiger partial charge in [-0.3, -0.25) is 9.09 Å². The molecule has 1 aliphatic heterocycles. The molecule has 0 aliphatic carbocycles. The van der Waals surface area contributed by atoms with E-state index in [0.29, 0.717) is 11.3 Å². The molecule has 146 valence electrons. The predicted molar refractivity (Wildman–Crippen MR) is 88.3 cm³/mol. The van der Waals surface area contributed by atoms with Crippen LogP contribution >= 0.6 is 7.82 Å². The zero-order valence-corrected chi connectivity index (χ0v) is 15.1. The monoisotopic (exact) mass is 400 g/mol. The van der Waals surface area contributed by atoms with E-state index in [1.165, 1.54) is 10.9 Å². The van der Waals surface area contributed by atoms with Gasteiger partial charge < -0.3 is 29.6 Å². The second kappa shape index (κ2) is 7.10. The van der Waals surface area contributed by atoms with Crippen molar-refractivity contribution in [3.8, 4) is 6.07 Å². The van der Waals surface area contributed by atoms with Gasteiger partial charge in [0, 0.05) is 14.1 Å². The van der Waals surface area contributed by atoms with E-state index >= 15 is 0 Å². The van der Waals surface area contributed by atoms with Crippen molar-refractivity contribution in [2.45, 2.75) is 24.5 Å². The fraction of sp³-hybridized carbons (Fsp3) is 0.538. The number of phosphoric acid groups is 1. The molecule has 2 aromatic heterocycles. The fourth-order valence-electron chi connectivity index (χ4n) is 2.79. The van der Waals surface area contributed by atoms with Crippen molar-refractivity contribution in [3.05, 3.63) is 12.2 Å². The van der Waals surface area contributed by atoms with Crippen LogP contribution in [0.1, 0.15) is 12.1 Å². The Morgan fingerprint density at radius 1 is 1.37 bits per heavy atom. The second-order valence-electron chi connectivity index (χ2n) is 6.01. The van der Waals surface area contributed by atoms with Crippen LogP contribution in [0.3, 0.4) is 0 Å². The molecule has 0 unspecified atom stereocenters. The summed E-state index contributed by atoms with van der Waals surface area (Å²) in [5, 5.41) is 29.9. The zero-order chi connectivity index (χ0) is 19.9. The third-order valence-corrected chi connectivity index (χ3v) is 4.47. The van der Waals surface area contributed by atoms with Crippen LogP contribution in [0.2, 0.25) is 0 Å². The van der Waals surface area contributed by atoms with Crippen LogP contribution in [-0.4, -0.2) is 78.5 Å². The topological polar surface area (TPSA) is 187 Å². The molecule has 3 heterocycles. The van der Waals surface area contributed by atoms with Crippen LogP contribution in [-0.2, 0) is 13.8 Å². The van der Waals surface area contributed by atoms with Crippen molar-refractivity contribution in [2.75, 3.05) is 25.6 Å². The van der Waals surface area contributed by atoms with Crippen LogP contribution in [0, 0.1) is 11.3 Å². The Bertz CT molecular complexity index is 937. The molecule has 3 rings (SSSR count). The van der Waals surface area contributed by atoms with Gasteiger partial charge in [-0.2, -0.15) is 5.26 Å². The minimum Gasteiger partial charge on any atom is -0.387 e. The van der Waals surface area contributed by atoms with Crippen LogP contribution in [0.25, 0.3) is 11.2 Å². The SMILES string of the molecule is CN(C)c1ncnc2c1nc(C#N)n2[C@@H]1O[C@H](COP(=O)(O)O)[C@@H](O)[C@H]1O. The molecule has 1 saturated heterocycles. The number of aliphatic hydroxyl groups excluding tert-OH is 2. The Balaban J connectivity index is 2.01. The number of hydrogen-bond acceptors (Lipinski definition) is 10. The first-order valence-electron chi connectivity index (χ1n) is 7.66. The molecule has 1 fully saturated rings. The third-order valence-electron chi connectivity index (χ3n) is 3.98. The summed E-state index contributed by atoms with van der Waals surface area (Å²) in [5.41, 5.74) is 0.484. The molecule has 0 amide bonds. The number of hydrogen-bond donors (Lipinski definition) is 4. The van der Waals surface area contributed by atoms with E-state index in [0.717, 1.165) is 0 Å². The zero-order valence-electron chi connectivity index (χ0n) is 14.2. The highest BCUT2D eigenvalue weighted by Crippen LogP contribution is 2.39. The van der Waals surface area contributed by atoms with Gasteiger partial charge in [0.25, 0.3) is 0 Å². The van der Waals surface area contributed by atoms with Gasteiger partial charge in [0.05, 0.1) is 6.61 Å². The van der Waals surface area contributed by atoms with Crippen molar-refractivity contribution in [3.63, 3.8) is 0 Å². The first kappa shape index (κ1) is 19.6. The number of nitriles is 1. The number of aliphatic hydroxyl groups is 2. The normalized spacial score (nSPS) is 25.7. The summed E-state index contributed by atoms with van der Waals surface area (Å²) < 4.78 is 21.9.